The number of halogens is 2. The van der Waals surface area contributed by atoms with Crippen molar-refractivity contribution >= 4 is 34.8 Å². The second-order valence-electron chi connectivity index (χ2n) is 5.54. The molecule has 0 saturated carbocycles. The fraction of sp³-hybridized carbons (Fsp3) is 0.0500. The number of anilines is 1. The summed E-state index contributed by atoms with van der Waals surface area (Å²) in [4.78, 5) is 12.4. The topological polar surface area (TPSA) is 67.8 Å². The van der Waals surface area contributed by atoms with Crippen LogP contribution in [0.3, 0.4) is 0 Å². The monoisotopic (exact) mass is 403 g/mol. The lowest BCUT2D eigenvalue weighted by Crippen LogP contribution is -2.12. The molecular weight excluding hydrogens is 389 g/mol. The summed E-state index contributed by atoms with van der Waals surface area (Å²) in [6.45, 7) is 0. The molecule has 0 bridgehead atoms. The molecule has 3 aromatic rings. The van der Waals surface area contributed by atoms with E-state index in [0.29, 0.717) is 33.0 Å². The maximum Gasteiger partial charge on any atom is 0.259 e. The summed E-state index contributed by atoms with van der Waals surface area (Å²) < 4.78 is 10.7. The summed E-state index contributed by atoms with van der Waals surface area (Å²) >= 11 is 12.1. The Hall–Kier alpha value is -2.89. The number of carbonyl (C=O) groups is 1. The highest BCUT2D eigenvalue weighted by Crippen LogP contribution is 2.32. The first-order valence-corrected chi connectivity index (χ1v) is 8.63. The molecule has 0 aliphatic rings. The zero-order valence-corrected chi connectivity index (χ0v) is 15.7. The molecule has 1 amide bonds. The van der Waals surface area contributed by atoms with Crippen LogP contribution >= 0.6 is 23.2 Å². The molecule has 0 aliphatic heterocycles. The van der Waals surface area contributed by atoms with Crippen molar-refractivity contribution in [2.45, 2.75) is 0 Å². The van der Waals surface area contributed by atoms with Crippen molar-refractivity contribution in [2.75, 3.05) is 12.4 Å². The normalized spacial score (nSPS) is 10.3. The van der Waals surface area contributed by atoms with Crippen LogP contribution < -0.4 is 14.8 Å². The zero-order chi connectivity index (χ0) is 19.4. The van der Waals surface area contributed by atoms with Gasteiger partial charge in [0.05, 0.1) is 17.7 Å². The summed E-state index contributed by atoms with van der Waals surface area (Å²) in [6.07, 6.45) is 0. The van der Waals surface area contributed by atoms with E-state index in [0.717, 1.165) is 0 Å². The number of phenolic OH excluding ortho intramolecular Hbond substituents is 1. The minimum Gasteiger partial charge on any atom is -0.507 e. The highest BCUT2D eigenvalue weighted by atomic mass is 35.5. The largest absolute Gasteiger partial charge is 0.507 e. The maximum atomic E-state index is 12.4. The Morgan fingerprint density at radius 1 is 0.963 bits per heavy atom. The highest BCUT2D eigenvalue weighted by Gasteiger charge is 2.13. The average Bonchev–Trinajstić information content (AvgIpc) is 2.65. The number of ether oxygens (including phenoxy) is 2. The SMILES string of the molecule is COc1ccc(C(=O)Nc2ccc(Oc3ccc(Cl)cc3)c(Cl)c2)c(O)c1. The number of hydrogen-bond donors (Lipinski definition) is 2. The molecule has 7 heteroatoms. The van der Waals surface area contributed by atoms with E-state index in [4.69, 9.17) is 32.7 Å². The van der Waals surface area contributed by atoms with Gasteiger partial charge in [0.1, 0.15) is 23.0 Å². The summed E-state index contributed by atoms with van der Waals surface area (Å²) in [5.41, 5.74) is 0.581. The molecule has 0 unspecified atom stereocenters. The van der Waals surface area contributed by atoms with Gasteiger partial charge in [-0.25, -0.2) is 0 Å². The lowest BCUT2D eigenvalue weighted by molar-refractivity contribution is 0.102. The van der Waals surface area contributed by atoms with E-state index in [1.165, 1.54) is 19.2 Å². The number of aromatic hydroxyl groups is 1. The first-order chi connectivity index (χ1) is 13.0. The van der Waals surface area contributed by atoms with Crippen molar-refractivity contribution in [1.82, 2.24) is 0 Å². The maximum absolute atomic E-state index is 12.4. The number of rotatable bonds is 5. The van der Waals surface area contributed by atoms with Gasteiger partial charge in [0.25, 0.3) is 5.91 Å². The van der Waals surface area contributed by atoms with Gasteiger partial charge >= 0.3 is 0 Å². The molecule has 0 aliphatic carbocycles. The van der Waals surface area contributed by atoms with E-state index in [2.05, 4.69) is 5.32 Å². The van der Waals surface area contributed by atoms with E-state index in [-0.39, 0.29) is 11.3 Å². The van der Waals surface area contributed by atoms with Gasteiger partial charge in [-0.3, -0.25) is 4.79 Å². The van der Waals surface area contributed by atoms with Gasteiger partial charge in [-0.2, -0.15) is 0 Å². The highest BCUT2D eigenvalue weighted by molar-refractivity contribution is 6.32. The van der Waals surface area contributed by atoms with Crippen LogP contribution in [0.15, 0.2) is 60.7 Å². The molecule has 0 atom stereocenters. The standard InChI is InChI=1S/C20H15Cl2NO4/c1-26-15-7-8-16(18(24)11-15)20(25)23-13-4-9-19(17(22)10-13)27-14-5-2-12(21)3-6-14/h2-11,24H,1H3,(H,23,25). The summed E-state index contributed by atoms with van der Waals surface area (Å²) in [5, 5.41) is 13.6. The Balaban J connectivity index is 1.73. The zero-order valence-electron chi connectivity index (χ0n) is 14.2. The number of amides is 1. The van der Waals surface area contributed by atoms with Gasteiger partial charge in [-0.15, -0.1) is 0 Å². The molecule has 138 valence electrons. The molecule has 5 nitrogen and oxygen atoms in total. The van der Waals surface area contributed by atoms with Crippen LogP contribution in [-0.2, 0) is 0 Å². The second-order valence-corrected chi connectivity index (χ2v) is 6.38. The van der Waals surface area contributed by atoms with Crippen molar-refractivity contribution in [1.29, 1.82) is 0 Å². The Morgan fingerprint density at radius 3 is 2.30 bits per heavy atom. The number of methoxy groups -OCH3 is 1. The van der Waals surface area contributed by atoms with Gasteiger partial charge in [0.15, 0.2) is 0 Å². The number of carbonyl (C=O) groups excluding carboxylic acids is 1. The van der Waals surface area contributed by atoms with Crippen LogP contribution in [0, 0.1) is 0 Å². The summed E-state index contributed by atoms with van der Waals surface area (Å²) in [5.74, 6) is 0.819. The Labute approximate surface area is 166 Å². The minimum atomic E-state index is -0.474. The molecule has 0 heterocycles. The van der Waals surface area contributed by atoms with Crippen molar-refractivity contribution in [3.63, 3.8) is 0 Å². The van der Waals surface area contributed by atoms with Crippen molar-refractivity contribution < 1.29 is 19.4 Å². The Kier molecular flexibility index (Phi) is 5.74. The lowest BCUT2D eigenvalue weighted by atomic mass is 10.1. The minimum absolute atomic E-state index is 0.119. The predicted octanol–water partition coefficient (Wildman–Crippen LogP) is 5.75. The van der Waals surface area contributed by atoms with E-state index in [9.17, 15) is 9.90 Å². The summed E-state index contributed by atoms with van der Waals surface area (Å²) in [7, 11) is 1.48. The number of hydrogen-bond acceptors (Lipinski definition) is 4. The average molecular weight is 404 g/mol. The molecular formula is C20H15Cl2NO4. The van der Waals surface area contributed by atoms with Crippen LogP contribution in [0.4, 0.5) is 5.69 Å². The van der Waals surface area contributed by atoms with E-state index in [1.54, 1.807) is 48.5 Å². The van der Waals surface area contributed by atoms with Gasteiger partial charge in [0.2, 0.25) is 0 Å². The first kappa shape index (κ1) is 18.9. The smallest absolute Gasteiger partial charge is 0.259 e. The third kappa shape index (κ3) is 4.64. The molecule has 0 saturated heterocycles. The van der Waals surface area contributed by atoms with Gasteiger partial charge < -0.3 is 19.9 Å². The Bertz CT molecular complexity index is 974. The Morgan fingerprint density at radius 2 is 1.67 bits per heavy atom. The molecule has 0 radical (unpaired) electrons. The second kappa shape index (κ2) is 8.20. The molecule has 3 rings (SSSR count). The summed E-state index contributed by atoms with van der Waals surface area (Å²) in [6, 6.07) is 16.1. The quantitative estimate of drug-likeness (QED) is 0.568. The lowest BCUT2D eigenvalue weighted by Gasteiger charge is -2.11. The molecule has 0 spiro atoms. The van der Waals surface area contributed by atoms with Crippen molar-refractivity contribution in [2.24, 2.45) is 0 Å². The van der Waals surface area contributed by atoms with Crippen LogP contribution in [0.25, 0.3) is 0 Å². The molecule has 27 heavy (non-hydrogen) atoms. The van der Waals surface area contributed by atoms with E-state index in [1.807, 2.05) is 0 Å². The van der Waals surface area contributed by atoms with Gasteiger partial charge in [-0.1, -0.05) is 23.2 Å². The van der Waals surface area contributed by atoms with Gasteiger partial charge in [0, 0.05) is 16.8 Å². The number of benzene rings is 3. The fourth-order valence-corrected chi connectivity index (χ4v) is 2.66. The third-order valence-electron chi connectivity index (χ3n) is 3.68. The van der Waals surface area contributed by atoms with E-state index < -0.39 is 5.91 Å². The van der Waals surface area contributed by atoms with Crippen molar-refractivity contribution in [3.8, 4) is 23.0 Å². The van der Waals surface area contributed by atoms with Crippen LogP contribution in [0.2, 0.25) is 10.0 Å². The third-order valence-corrected chi connectivity index (χ3v) is 4.23. The molecule has 2 N–H and O–H groups in total. The molecule has 0 fully saturated rings. The fourth-order valence-electron chi connectivity index (χ4n) is 2.32. The first-order valence-electron chi connectivity index (χ1n) is 7.87. The van der Waals surface area contributed by atoms with Crippen LogP contribution in [0.5, 0.6) is 23.0 Å². The van der Waals surface area contributed by atoms with Gasteiger partial charge in [-0.05, 0) is 54.6 Å². The number of phenols is 1. The van der Waals surface area contributed by atoms with E-state index >= 15 is 0 Å². The van der Waals surface area contributed by atoms with Crippen LogP contribution in [-0.4, -0.2) is 18.1 Å². The van der Waals surface area contributed by atoms with Crippen LogP contribution in [0.1, 0.15) is 10.4 Å². The predicted molar refractivity (Wildman–Crippen MR) is 106 cm³/mol. The molecule has 3 aromatic carbocycles. The molecule has 0 aromatic heterocycles. The number of nitrogens with one attached hydrogen (secondary N) is 1. The van der Waals surface area contributed by atoms with Crippen molar-refractivity contribution in [3.05, 3.63) is 76.3 Å².